The van der Waals surface area contributed by atoms with Crippen LogP contribution < -0.4 is 11.1 Å². The summed E-state index contributed by atoms with van der Waals surface area (Å²) in [7, 11) is 0. The molecule has 1 fully saturated rings. The molecular weight excluding hydrogens is 288 g/mol. The maximum Gasteiger partial charge on any atom is 0.235 e. The van der Waals surface area contributed by atoms with E-state index < -0.39 is 5.41 Å². The molecule has 1 saturated heterocycles. The van der Waals surface area contributed by atoms with Crippen LogP contribution in [0.3, 0.4) is 0 Å². The molecule has 1 aromatic carbocycles. The summed E-state index contributed by atoms with van der Waals surface area (Å²) in [6.07, 6.45) is 8.87. The van der Waals surface area contributed by atoms with Crippen LogP contribution in [0.4, 0.5) is 11.4 Å². The SMILES string of the molecule is C=CC=C(C=CC)C1(C(=O)Nc2ccc(N)cc2)CCOCC1. The number of amides is 1. The van der Waals surface area contributed by atoms with Gasteiger partial charge in [-0.3, -0.25) is 4.79 Å². The van der Waals surface area contributed by atoms with E-state index in [2.05, 4.69) is 11.9 Å². The molecule has 1 aromatic rings. The van der Waals surface area contributed by atoms with Gasteiger partial charge in [0.05, 0.1) is 5.41 Å². The average molecular weight is 312 g/mol. The quantitative estimate of drug-likeness (QED) is 0.644. The van der Waals surface area contributed by atoms with Crippen LogP contribution in [0.1, 0.15) is 19.8 Å². The van der Waals surface area contributed by atoms with Crippen molar-refractivity contribution in [3.63, 3.8) is 0 Å². The zero-order valence-corrected chi connectivity index (χ0v) is 13.5. The monoisotopic (exact) mass is 312 g/mol. The van der Waals surface area contributed by atoms with E-state index in [1.54, 1.807) is 18.2 Å². The number of nitrogen functional groups attached to an aromatic ring is 1. The lowest BCUT2D eigenvalue weighted by molar-refractivity contribution is -0.128. The minimum atomic E-state index is -0.597. The molecule has 1 heterocycles. The van der Waals surface area contributed by atoms with Crippen molar-refractivity contribution in [3.05, 3.63) is 60.7 Å². The number of hydrogen-bond donors (Lipinski definition) is 2. The maximum atomic E-state index is 13.1. The number of allylic oxidation sites excluding steroid dienone is 4. The van der Waals surface area contributed by atoms with Gasteiger partial charge in [-0.05, 0) is 49.6 Å². The van der Waals surface area contributed by atoms with Gasteiger partial charge in [0.15, 0.2) is 0 Å². The Morgan fingerprint density at radius 2 is 1.96 bits per heavy atom. The van der Waals surface area contributed by atoms with E-state index in [4.69, 9.17) is 10.5 Å². The number of rotatable bonds is 5. The van der Waals surface area contributed by atoms with E-state index >= 15 is 0 Å². The summed E-state index contributed by atoms with van der Waals surface area (Å²) < 4.78 is 5.47. The van der Waals surface area contributed by atoms with Gasteiger partial charge in [-0.1, -0.05) is 30.9 Å². The number of nitrogens with two attached hydrogens (primary N) is 1. The summed E-state index contributed by atoms with van der Waals surface area (Å²) in [5.74, 6) is -0.0169. The largest absolute Gasteiger partial charge is 0.399 e. The van der Waals surface area contributed by atoms with Gasteiger partial charge in [0.1, 0.15) is 0 Å². The third-order valence-electron chi connectivity index (χ3n) is 4.15. The van der Waals surface area contributed by atoms with Crippen LogP contribution in [-0.4, -0.2) is 19.1 Å². The molecule has 4 heteroatoms. The van der Waals surface area contributed by atoms with Crippen LogP contribution in [0.15, 0.2) is 60.7 Å². The standard InChI is InChI=1S/C19H24N2O2/c1-3-5-15(6-4-2)19(11-13-23-14-12-19)18(22)21-17-9-7-16(20)8-10-17/h3-10H,1,11-14,20H2,2H3,(H,21,22). The molecule has 23 heavy (non-hydrogen) atoms. The van der Waals surface area contributed by atoms with Gasteiger partial charge in [0, 0.05) is 24.6 Å². The summed E-state index contributed by atoms with van der Waals surface area (Å²) >= 11 is 0. The highest BCUT2D eigenvalue weighted by Gasteiger charge is 2.42. The normalized spacial score (nSPS) is 17.9. The van der Waals surface area contributed by atoms with E-state index in [9.17, 15) is 4.79 Å². The predicted octanol–water partition coefficient (Wildman–Crippen LogP) is 3.69. The molecule has 0 spiro atoms. The Kier molecular flexibility index (Phi) is 5.77. The maximum absolute atomic E-state index is 13.1. The van der Waals surface area contributed by atoms with Gasteiger partial charge in [-0.25, -0.2) is 0 Å². The molecule has 3 N–H and O–H groups in total. The van der Waals surface area contributed by atoms with Crippen molar-refractivity contribution in [2.24, 2.45) is 5.41 Å². The second kappa shape index (κ2) is 7.79. The first-order valence-corrected chi connectivity index (χ1v) is 7.83. The summed E-state index contributed by atoms with van der Waals surface area (Å²) in [6.45, 7) is 6.86. The Morgan fingerprint density at radius 1 is 1.30 bits per heavy atom. The van der Waals surface area contributed by atoms with Crippen molar-refractivity contribution in [3.8, 4) is 0 Å². The Bertz CT molecular complexity index is 609. The molecular formula is C19H24N2O2. The van der Waals surface area contributed by atoms with Crippen molar-refractivity contribution in [2.75, 3.05) is 24.3 Å². The number of anilines is 2. The van der Waals surface area contributed by atoms with Crippen LogP contribution in [-0.2, 0) is 9.53 Å². The first kappa shape index (κ1) is 17.0. The molecule has 1 amide bonds. The summed E-state index contributed by atoms with van der Waals surface area (Å²) in [4.78, 5) is 13.1. The lowest BCUT2D eigenvalue weighted by Crippen LogP contribution is -2.42. The van der Waals surface area contributed by atoms with E-state index in [0.717, 1.165) is 11.3 Å². The molecule has 122 valence electrons. The van der Waals surface area contributed by atoms with Crippen LogP contribution in [0.5, 0.6) is 0 Å². The van der Waals surface area contributed by atoms with Gasteiger partial charge >= 0.3 is 0 Å². The van der Waals surface area contributed by atoms with E-state index in [0.29, 0.717) is 31.7 Å². The second-order valence-corrected chi connectivity index (χ2v) is 5.63. The van der Waals surface area contributed by atoms with Crippen molar-refractivity contribution >= 4 is 17.3 Å². The molecule has 0 aliphatic carbocycles. The van der Waals surface area contributed by atoms with Crippen LogP contribution in [0, 0.1) is 5.41 Å². The Morgan fingerprint density at radius 3 is 2.52 bits per heavy atom. The highest BCUT2D eigenvalue weighted by Crippen LogP contribution is 2.40. The molecule has 2 rings (SSSR count). The van der Waals surface area contributed by atoms with Gasteiger partial charge in [-0.15, -0.1) is 0 Å². The third kappa shape index (κ3) is 3.90. The topological polar surface area (TPSA) is 64.4 Å². The number of carbonyl (C=O) groups is 1. The fraction of sp³-hybridized carbons (Fsp3) is 0.316. The molecule has 1 aliphatic rings. The van der Waals surface area contributed by atoms with E-state index in [1.165, 1.54) is 0 Å². The molecule has 0 atom stereocenters. The fourth-order valence-corrected chi connectivity index (χ4v) is 2.86. The van der Waals surface area contributed by atoms with Gasteiger partial charge < -0.3 is 15.8 Å². The minimum absolute atomic E-state index is 0.0169. The summed E-state index contributed by atoms with van der Waals surface area (Å²) in [5, 5.41) is 3.02. The predicted molar refractivity (Wildman–Crippen MR) is 95.1 cm³/mol. The highest BCUT2D eigenvalue weighted by molar-refractivity contribution is 5.98. The first-order chi connectivity index (χ1) is 11.1. The van der Waals surface area contributed by atoms with Crippen molar-refractivity contribution in [2.45, 2.75) is 19.8 Å². The average Bonchev–Trinajstić information content (AvgIpc) is 2.57. The van der Waals surface area contributed by atoms with E-state index in [1.807, 2.05) is 37.3 Å². The number of carbonyl (C=O) groups excluding carboxylic acids is 1. The summed E-state index contributed by atoms with van der Waals surface area (Å²) in [6, 6.07) is 7.18. The molecule has 4 nitrogen and oxygen atoms in total. The second-order valence-electron chi connectivity index (χ2n) is 5.63. The Hall–Kier alpha value is -2.33. The molecule has 0 radical (unpaired) electrons. The van der Waals surface area contributed by atoms with Crippen molar-refractivity contribution in [1.82, 2.24) is 0 Å². The molecule has 0 unspecified atom stereocenters. The molecule has 0 bridgehead atoms. The number of benzene rings is 1. The summed E-state index contributed by atoms with van der Waals surface area (Å²) in [5.41, 5.74) is 7.48. The zero-order chi connectivity index (χ0) is 16.7. The minimum Gasteiger partial charge on any atom is -0.399 e. The number of nitrogens with one attached hydrogen (secondary N) is 1. The fourth-order valence-electron chi connectivity index (χ4n) is 2.86. The zero-order valence-electron chi connectivity index (χ0n) is 13.5. The molecule has 0 aromatic heterocycles. The number of hydrogen-bond acceptors (Lipinski definition) is 3. The molecule has 0 saturated carbocycles. The van der Waals surface area contributed by atoms with E-state index in [-0.39, 0.29) is 5.91 Å². The molecule has 1 aliphatic heterocycles. The van der Waals surface area contributed by atoms with Crippen molar-refractivity contribution < 1.29 is 9.53 Å². The van der Waals surface area contributed by atoms with Crippen molar-refractivity contribution in [1.29, 1.82) is 0 Å². The lowest BCUT2D eigenvalue weighted by Gasteiger charge is -2.37. The first-order valence-electron chi connectivity index (χ1n) is 7.83. The highest BCUT2D eigenvalue weighted by atomic mass is 16.5. The van der Waals surface area contributed by atoms with Crippen LogP contribution in [0.25, 0.3) is 0 Å². The third-order valence-corrected chi connectivity index (χ3v) is 4.15. The van der Waals surface area contributed by atoms with Crippen LogP contribution in [0.2, 0.25) is 0 Å². The number of ether oxygens (including phenoxy) is 1. The Labute approximate surface area is 137 Å². The lowest BCUT2D eigenvalue weighted by atomic mass is 9.72. The van der Waals surface area contributed by atoms with Gasteiger partial charge in [0.2, 0.25) is 5.91 Å². The van der Waals surface area contributed by atoms with Gasteiger partial charge in [0.25, 0.3) is 0 Å². The Balaban J connectivity index is 2.33. The van der Waals surface area contributed by atoms with Gasteiger partial charge in [-0.2, -0.15) is 0 Å². The smallest absolute Gasteiger partial charge is 0.235 e. The van der Waals surface area contributed by atoms with Crippen LogP contribution >= 0.6 is 0 Å².